The van der Waals surface area contributed by atoms with E-state index in [-0.39, 0.29) is 0 Å². The van der Waals surface area contributed by atoms with Gasteiger partial charge >= 0.3 is 0 Å². The number of halogens is 1. The lowest BCUT2D eigenvalue weighted by Crippen LogP contribution is -2.43. The minimum absolute atomic E-state index is 0.489. The van der Waals surface area contributed by atoms with Crippen LogP contribution in [-0.2, 0) is 6.54 Å². The van der Waals surface area contributed by atoms with Crippen molar-refractivity contribution in [2.75, 3.05) is 6.54 Å². The molecule has 1 saturated carbocycles. The van der Waals surface area contributed by atoms with Crippen molar-refractivity contribution < 1.29 is 5.11 Å². The van der Waals surface area contributed by atoms with Gasteiger partial charge in [-0.3, -0.25) is 0 Å². The maximum atomic E-state index is 10.5. The van der Waals surface area contributed by atoms with Gasteiger partial charge < -0.3 is 10.4 Å². The molecular formula is C16H24BrNO. The summed E-state index contributed by atoms with van der Waals surface area (Å²) in [6.45, 7) is 5.90. The number of hydrogen-bond donors (Lipinski definition) is 2. The second-order valence-corrected chi connectivity index (χ2v) is 6.95. The summed E-state index contributed by atoms with van der Waals surface area (Å²) in [6, 6.07) is 6.39. The van der Waals surface area contributed by atoms with Gasteiger partial charge in [-0.2, -0.15) is 0 Å². The maximum absolute atomic E-state index is 10.5. The second kappa shape index (κ2) is 6.38. The first-order chi connectivity index (χ1) is 8.98. The van der Waals surface area contributed by atoms with E-state index in [9.17, 15) is 5.11 Å². The van der Waals surface area contributed by atoms with E-state index < -0.39 is 5.60 Å². The van der Waals surface area contributed by atoms with Crippen LogP contribution in [0, 0.1) is 12.8 Å². The zero-order valence-electron chi connectivity index (χ0n) is 11.9. The highest BCUT2D eigenvalue weighted by Crippen LogP contribution is 2.31. The molecule has 0 unspecified atom stereocenters. The topological polar surface area (TPSA) is 32.3 Å². The smallest absolute Gasteiger partial charge is 0.0771 e. The molecule has 2 N–H and O–H groups in total. The molecule has 1 aromatic carbocycles. The SMILES string of the molecule is Cc1cc(CNCC2(O)CCC(C)CC2)ccc1Br. The van der Waals surface area contributed by atoms with Gasteiger partial charge in [-0.25, -0.2) is 0 Å². The van der Waals surface area contributed by atoms with Crippen LogP contribution in [0.15, 0.2) is 22.7 Å². The van der Waals surface area contributed by atoms with E-state index in [0.717, 1.165) is 42.6 Å². The van der Waals surface area contributed by atoms with E-state index >= 15 is 0 Å². The summed E-state index contributed by atoms with van der Waals surface area (Å²) in [7, 11) is 0. The number of hydrogen-bond acceptors (Lipinski definition) is 2. The van der Waals surface area contributed by atoms with E-state index in [4.69, 9.17) is 0 Å². The van der Waals surface area contributed by atoms with Gasteiger partial charge in [0.2, 0.25) is 0 Å². The van der Waals surface area contributed by atoms with Gasteiger partial charge in [0.05, 0.1) is 5.60 Å². The van der Waals surface area contributed by atoms with E-state index in [1.165, 1.54) is 11.1 Å². The van der Waals surface area contributed by atoms with Crippen molar-refractivity contribution in [1.82, 2.24) is 5.32 Å². The van der Waals surface area contributed by atoms with Gasteiger partial charge in [-0.05, 0) is 55.7 Å². The van der Waals surface area contributed by atoms with Crippen LogP contribution in [0.5, 0.6) is 0 Å². The predicted molar refractivity (Wildman–Crippen MR) is 83.2 cm³/mol. The van der Waals surface area contributed by atoms with Crippen LogP contribution in [0.3, 0.4) is 0 Å². The zero-order valence-corrected chi connectivity index (χ0v) is 13.5. The summed E-state index contributed by atoms with van der Waals surface area (Å²) in [5.41, 5.74) is 2.04. The van der Waals surface area contributed by atoms with E-state index in [2.05, 4.69) is 53.3 Å². The van der Waals surface area contributed by atoms with E-state index in [1.807, 2.05) is 0 Å². The predicted octanol–water partition coefficient (Wildman–Crippen LogP) is 3.79. The highest BCUT2D eigenvalue weighted by atomic mass is 79.9. The summed E-state index contributed by atoms with van der Waals surface area (Å²) in [6.07, 6.45) is 4.16. The number of nitrogens with one attached hydrogen (secondary N) is 1. The molecule has 2 rings (SSSR count). The van der Waals surface area contributed by atoms with Gasteiger partial charge in [0.25, 0.3) is 0 Å². The van der Waals surface area contributed by atoms with Gasteiger partial charge in [0, 0.05) is 17.6 Å². The van der Waals surface area contributed by atoms with Crippen LogP contribution in [0.1, 0.15) is 43.7 Å². The van der Waals surface area contributed by atoms with Crippen molar-refractivity contribution in [3.63, 3.8) is 0 Å². The molecule has 0 bridgehead atoms. The highest BCUT2D eigenvalue weighted by molar-refractivity contribution is 9.10. The van der Waals surface area contributed by atoms with Gasteiger partial charge in [-0.1, -0.05) is 35.0 Å². The number of benzene rings is 1. The number of rotatable bonds is 4. The first kappa shape index (κ1) is 15.0. The molecule has 0 amide bonds. The Morgan fingerprint density at radius 2 is 2.05 bits per heavy atom. The molecule has 1 aromatic rings. The Hall–Kier alpha value is -0.380. The van der Waals surface area contributed by atoms with Crippen molar-refractivity contribution in [3.05, 3.63) is 33.8 Å². The Morgan fingerprint density at radius 1 is 1.37 bits per heavy atom. The lowest BCUT2D eigenvalue weighted by atomic mass is 9.79. The third-order valence-electron chi connectivity index (χ3n) is 4.21. The molecule has 0 radical (unpaired) electrons. The fourth-order valence-corrected chi connectivity index (χ4v) is 2.98. The quantitative estimate of drug-likeness (QED) is 0.882. The molecule has 106 valence electrons. The van der Waals surface area contributed by atoms with Crippen LogP contribution in [0.4, 0.5) is 0 Å². The fraction of sp³-hybridized carbons (Fsp3) is 0.625. The summed E-state index contributed by atoms with van der Waals surface area (Å²) >= 11 is 3.51. The van der Waals surface area contributed by atoms with Crippen molar-refractivity contribution in [2.24, 2.45) is 5.92 Å². The number of aryl methyl sites for hydroxylation is 1. The van der Waals surface area contributed by atoms with Crippen LogP contribution in [0.2, 0.25) is 0 Å². The van der Waals surface area contributed by atoms with Crippen LogP contribution < -0.4 is 5.32 Å². The van der Waals surface area contributed by atoms with Gasteiger partial charge in [0.15, 0.2) is 0 Å². The molecule has 0 aromatic heterocycles. The molecule has 0 atom stereocenters. The third kappa shape index (κ3) is 4.30. The van der Waals surface area contributed by atoms with Crippen LogP contribution in [0.25, 0.3) is 0 Å². The van der Waals surface area contributed by atoms with E-state index in [1.54, 1.807) is 0 Å². The standard InChI is InChI=1S/C16H24BrNO/c1-12-5-7-16(19,8-6-12)11-18-10-14-3-4-15(17)13(2)9-14/h3-4,9,12,18-19H,5-8,10-11H2,1-2H3. The van der Waals surface area contributed by atoms with Gasteiger partial charge in [-0.15, -0.1) is 0 Å². The summed E-state index contributed by atoms with van der Waals surface area (Å²) in [4.78, 5) is 0. The Labute approximate surface area is 124 Å². The normalized spacial score (nSPS) is 27.5. The fourth-order valence-electron chi connectivity index (χ4n) is 2.73. The average Bonchev–Trinajstić information content (AvgIpc) is 2.38. The molecule has 1 aliphatic carbocycles. The maximum Gasteiger partial charge on any atom is 0.0771 e. The molecule has 3 heteroatoms. The summed E-state index contributed by atoms with van der Waals surface area (Å²) in [5, 5.41) is 13.9. The molecule has 1 fully saturated rings. The molecule has 1 aliphatic rings. The Kier molecular flexibility index (Phi) is 5.04. The zero-order chi connectivity index (χ0) is 13.9. The summed E-state index contributed by atoms with van der Waals surface area (Å²) in [5.74, 6) is 0.773. The molecule has 19 heavy (non-hydrogen) atoms. The van der Waals surface area contributed by atoms with Crippen molar-refractivity contribution in [3.8, 4) is 0 Å². The third-order valence-corrected chi connectivity index (χ3v) is 5.10. The lowest BCUT2D eigenvalue weighted by Gasteiger charge is -2.35. The molecule has 2 nitrogen and oxygen atoms in total. The molecule has 0 aliphatic heterocycles. The monoisotopic (exact) mass is 325 g/mol. The highest BCUT2D eigenvalue weighted by Gasteiger charge is 2.31. The van der Waals surface area contributed by atoms with Gasteiger partial charge in [0.1, 0.15) is 0 Å². The minimum Gasteiger partial charge on any atom is -0.389 e. The van der Waals surface area contributed by atoms with Crippen LogP contribution in [-0.4, -0.2) is 17.3 Å². The number of aliphatic hydroxyl groups is 1. The Morgan fingerprint density at radius 3 is 2.68 bits per heavy atom. The average molecular weight is 326 g/mol. The molecule has 0 saturated heterocycles. The van der Waals surface area contributed by atoms with Crippen molar-refractivity contribution >= 4 is 15.9 Å². The first-order valence-electron chi connectivity index (χ1n) is 7.17. The van der Waals surface area contributed by atoms with Crippen molar-refractivity contribution in [2.45, 2.75) is 51.7 Å². The Balaban J connectivity index is 1.81. The van der Waals surface area contributed by atoms with Crippen LogP contribution >= 0.6 is 15.9 Å². The second-order valence-electron chi connectivity index (χ2n) is 6.09. The first-order valence-corrected chi connectivity index (χ1v) is 7.96. The van der Waals surface area contributed by atoms with E-state index in [0.29, 0.717) is 6.54 Å². The summed E-state index contributed by atoms with van der Waals surface area (Å²) < 4.78 is 1.15. The molecular weight excluding hydrogens is 302 g/mol. The Bertz CT molecular complexity index is 425. The minimum atomic E-state index is -0.489. The lowest BCUT2D eigenvalue weighted by molar-refractivity contribution is -0.00630. The molecule has 0 spiro atoms. The van der Waals surface area contributed by atoms with Crippen molar-refractivity contribution in [1.29, 1.82) is 0 Å². The largest absolute Gasteiger partial charge is 0.389 e. The molecule has 0 heterocycles.